The molecule has 0 unspecified atom stereocenters. The van der Waals surface area contributed by atoms with E-state index < -0.39 is 0 Å². The lowest BCUT2D eigenvalue weighted by Gasteiger charge is -2.29. The second-order valence-electron chi connectivity index (χ2n) is 8.63. The van der Waals surface area contributed by atoms with Crippen LogP contribution in [0.4, 0.5) is 5.69 Å². The summed E-state index contributed by atoms with van der Waals surface area (Å²) in [5.74, 6) is 1.04. The molecule has 2 rings (SSSR count). The highest BCUT2D eigenvalue weighted by Crippen LogP contribution is 2.34. The Morgan fingerprint density at radius 3 is 2.44 bits per heavy atom. The Balaban J connectivity index is 2.02. The molecule has 1 saturated carbocycles. The van der Waals surface area contributed by atoms with E-state index in [1.165, 1.54) is 30.5 Å². The number of anilines is 1. The predicted molar refractivity (Wildman–Crippen MR) is 109 cm³/mol. The quantitative estimate of drug-likeness (QED) is 0.600. The van der Waals surface area contributed by atoms with Crippen molar-refractivity contribution < 1.29 is 4.74 Å². The lowest BCUT2D eigenvalue weighted by molar-refractivity contribution is 0.297. The van der Waals surface area contributed by atoms with Gasteiger partial charge in [-0.25, -0.2) is 0 Å². The smallest absolute Gasteiger partial charge is 0.125 e. The fourth-order valence-electron chi connectivity index (χ4n) is 3.56. The fourth-order valence-corrected chi connectivity index (χ4v) is 3.56. The zero-order valence-corrected chi connectivity index (χ0v) is 16.7. The summed E-state index contributed by atoms with van der Waals surface area (Å²) in [7, 11) is 0. The van der Waals surface area contributed by atoms with E-state index in [2.05, 4.69) is 51.2 Å². The number of hydrogen-bond donors (Lipinski definition) is 2. The molecule has 1 aromatic rings. The molecule has 3 N–H and O–H groups in total. The maximum absolute atomic E-state index is 6.20. The summed E-state index contributed by atoms with van der Waals surface area (Å²) in [6.07, 6.45) is 9.51. The number of nitrogens with two attached hydrogens (primary N) is 1. The van der Waals surface area contributed by atoms with Gasteiger partial charge >= 0.3 is 0 Å². The molecular weight excluding hydrogens is 308 g/mol. The van der Waals surface area contributed by atoms with Gasteiger partial charge in [-0.15, -0.1) is 0 Å². The summed E-state index contributed by atoms with van der Waals surface area (Å²) in [6.45, 7) is 9.81. The third kappa shape index (κ3) is 6.54. The topological polar surface area (TPSA) is 47.3 Å². The van der Waals surface area contributed by atoms with Gasteiger partial charge in [-0.05, 0) is 49.1 Å². The molecule has 0 spiro atoms. The van der Waals surface area contributed by atoms with Crippen molar-refractivity contribution >= 4 is 5.69 Å². The molecule has 0 radical (unpaired) electrons. The van der Waals surface area contributed by atoms with Crippen molar-refractivity contribution in [2.75, 3.05) is 11.9 Å². The summed E-state index contributed by atoms with van der Waals surface area (Å²) in [4.78, 5) is 0. The molecule has 3 nitrogen and oxygen atoms in total. The van der Waals surface area contributed by atoms with Gasteiger partial charge < -0.3 is 15.8 Å². The monoisotopic (exact) mass is 346 g/mol. The third-order valence-corrected chi connectivity index (χ3v) is 5.19. The average Bonchev–Trinajstić information content (AvgIpc) is 2.56. The van der Waals surface area contributed by atoms with Gasteiger partial charge in [0.1, 0.15) is 5.75 Å². The lowest BCUT2D eigenvalue weighted by atomic mass is 9.86. The number of nitrogens with one attached hydrogen (secondary N) is 1. The van der Waals surface area contributed by atoms with Crippen LogP contribution < -0.4 is 15.8 Å². The van der Waals surface area contributed by atoms with Crippen LogP contribution in [-0.4, -0.2) is 18.7 Å². The van der Waals surface area contributed by atoms with Crippen LogP contribution in [0.25, 0.3) is 0 Å². The highest BCUT2D eigenvalue weighted by molar-refractivity contribution is 5.54. The second-order valence-corrected chi connectivity index (χ2v) is 8.63. The van der Waals surface area contributed by atoms with E-state index in [0.717, 1.165) is 44.5 Å². The minimum Gasteiger partial charge on any atom is -0.493 e. The minimum absolute atomic E-state index is 0.0922. The minimum atomic E-state index is 0.0922. The standard InChI is InChI=1S/C22H38N2O/c1-5-6-7-8-15-25-21-16-19(13-14-20(21)22(2,3)4)24-18-11-9-17(23)10-12-18/h13-14,16-18,24H,5-12,15,23H2,1-4H3. The molecule has 1 fully saturated rings. The molecule has 0 amide bonds. The van der Waals surface area contributed by atoms with Crippen LogP contribution in [0, 0.1) is 0 Å². The molecule has 3 heteroatoms. The van der Waals surface area contributed by atoms with Gasteiger partial charge in [0.05, 0.1) is 6.61 Å². The summed E-state index contributed by atoms with van der Waals surface area (Å²) >= 11 is 0. The van der Waals surface area contributed by atoms with E-state index in [9.17, 15) is 0 Å². The zero-order valence-electron chi connectivity index (χ0n) is 16.7. The SMILES string of the molecule is CCCCCCOc1cc(NC2CCC(N)CC2)ccc1C(C)(C)C. The molecule has 0 aromatic heterocycles. The first-order valence-corrected chi connectivity index (χ1v) is 10.2. The summed E-state index contributed by atoms with van der Waals surface area (Å²) < 4.78 is 6.20. The molecule has 0 aliphatic heterocycles. The summed E-state index contributed by atoms with van der Waals surface area (Å²) in [6, 6.07) is 7.58. The van der Waals surface area contributed by atoms with Crippen LogP contribution in [0.15, 0.2) is 18.2 Å². The maximum Gasteiger partial charge on any atom is 0.125 e. The van der Waals surface area contributed by atoms with E-state index in [4.69, 9.17) is 10.5 Å². The number of unbranched alkanes of at least 4 members (excludes halogenated alkanes) is 3. The first-order chi connectivity index (χ1) is 11.9. The molecule has 1 aromatic carbocycles. The first kappa shape index (κ1) is 20.1. The molecule has 1 aliphatic rings. The zero-order chi connectivity index (χ0) is 18.3. The van der Waals surface area contributed by atoms with Crippen LogP contribution >= 0.6 is 0 Å². The van der Waals surface area contributed by atoms with Crippen molar-refractivity contribution in [3.63, 3.8) is 0 Å². The van der Waals surface area contributed by atoms with Gasteiger partial charge in [-0.3, -0.25) is 0 Å². The van der Waals surface area contributed by atoms with Gasteiger partial charge in [0, 0.05) is 23.8 Å². The van der Waals surface area contributed by atoms with Crippen molar-refractivity contribution in [3.8, 4) is 5.75 Å². The second kappa shape index (κ2) is 9.47. The van der Waals surface area contributed by atoms with Crippen LogP contribution in [-0.2, 0) is 5.41 Å². The van der Waals surface area contributed by atoms with Crippen LogP contribution in [0.2, 0.25) is 0 Å². The van der Waals surface area contributed by atoms with Gasteiger partial charge in [-0.1, -0.05) is 53.0 Å². The third-order valence-electron chi connectivity index (χ3n) is 5.19. The first-order valence-electron chi connectivity index (χ1n) is 10.2. The largest absolute Gasteiger partial charge is 0.493 e. The number of hydrogen-bond acceptors (Lipinski definition) is 3. The predicted octanol–water partition coefficient (Wildman–Crippen LogP) is 5.63. The molecule has 0 atom stereocenters. The Morgan fingerprint density at radius 1 is 1.08 bits per heavy atom. The average molecular weight is 347 g/mol. The van der Waals surface area contributed by atoms with E-state index in [1.54, 1.807) is 0 Å². The molecular formula is C22H38N2O. The van der Waals surface area contributed by atoms with E-state index in [-0.39, 0.29) is 5.41 Å². The highest BCUT2D eigenvalue weighted by atomic mass is 16.5. The van der Waals surface area contributed by atoms with Crippen molar-refractivity contribution in [1.29, 1.82) is 0 Å². The molecule has 0 saturated heterocycles. The van der Waals surface area contributed by atoms with Gasteiger partial charge in [0.2, 0.25) is 0 Å². The summed E-state index contributed by atoms with van der Waals surface area (Å²) in [5, 5.41) is 3.70. The Kier molecular flexibility index (Phi) is 7.61. The Bertz CT molecular complexity index is 513. The molecule has 0 bridgehead atoms. The highest BCUT2D eigenvalue weighted by Gasteiger charge is 2.21. The number of benzene rings is 1. The van der Waals surface area contributed by atoms with Crippen LogP contribution in [0.5, 0.6) is 5.75 Å². The molecule has 0 heterocycles. The van der Waals surface area contributed by atoms with Crippen LogP contribution in [0.1, 0.15) is 84.6 Å². The Morgan fingerprint density at radius 2 is 1.80 bits per heavy atom. The Labute approximate surface area is 154 Å². The molecule has 25 heavy (non-hydrogen) atoms. The maximum atomic E-state index is 6.20. The van der Waals surface area contributed by atoms with Gasteiger partial charge in [-0.2, -0.15) is 0 Å². The van der Waals surface area contributed by atoms with E-state index >= 15 is 0 Å². The van der Waals surface area contributed by atoms with Gasteiger partial charge in [0.25, 0.3) is 0 Å². The number of rotatable bonds is 8. The fraction of sp³-hybridized carbons (Fsp3) is 0.727. The summed E-state index contributed by atoms with van der Waals surface area (Å²) in [5.41, 5.74) is 8.58. The van der Waals surface area contributed by atoms with Crippen molar-refractivity contribution in [3.05, 3.63) is 23.8 Å². The van der Waals surface area contributed by atoms with Crippen LogP contribution in [0.3, 0.4) is 0 Å². The lowest BCUT2D eigenvalue weighted by Crippen LogP contribution is -2.32. The van der Waals surface area contributed by atoms with Gasteiger partial charge in [0.15, 0.2) is 0 Å². The van der Waals surface area contributed by atoms with Crippen molar-refractivity contribution in [1.82, 2.24) is 0 Å². The molecule has 142 valence electrons. The van der Waals surface area contributed by atoms with E-state index in [1.807, 2.05) is 0 Å². The molecule has 1 aliphatic carbocycles. The van der Waals surface area contributed by atoms with Crippen molar-refractivity contribution in [2.45, 2.75) is 96.6 Å². The normalized spacial score (nSPS) is 21.2. The van der Waals surface area contributed by atoms with E-state index in [0.29, 0.717) is 12.1 Å². The van der Waals surface area contributed by atoms with Crippen molar-refractivity contribution in [2.24, 2.45) is 5.73 Å². The Hall–Kier alpha value is -1.22. The number of ether oxygens (including phenoxy) is 1.